The Labute approximate surface area is 158 Å². The van der Waals surface area contributed by atoms with Crippen LogP contribution in [-0.4, -0.2) is 66.6 Å². The molecule has 2 saturated heterocycles. The maximum atomic E-state index is 12.9. The average molecular weight is 374 g/mol. The number of aromatic nitrogens is 2. The van der Waals surface area contributed by atoms with E-state index in [1.54, 1.807) is 4.90 Å². The molecular weight excluding hydrogens is 348 g/mol. The molecule has 3 heterocycles. The Balaban J connectivity index is 1.50. The fourth-order valence-corrected chi connectivity index (χ4v) is 4.13. The van der Waals surface area contributed by atoms with E-state index in [4.69, 9.17) is 9.47 Å². The molecule has 0 radical (unpaired) electrons. The van der Waals surface area contributed by atoms with Crippen molar-refractivity contribution in [2.75, 3.05) is 40.0 Å². The first-order valence-electron chi connectivity index (χ1n) is 9.62. The van der Waals surface area contributed by atoms with Crippen molar-refractivity contribution < 1.29 is 19.1 Å². The third-order valence-corrected chi connectivity index (χ3v) is 6.06. The second kappa shape index (κ2) is 7.42. The SMILES string of the molecule is COc1cnc(C(=O)N2CC(C(=O)NCC3CC3)C3(CCOCC3)C2)nc1. The van der Waals surface area contributed by atoms with Gasteiger partial charge in [-0.1, -0.05) is 0 Å². The van der Waals surface area contributed by atoms with E-state index in [9.17, 15) is 9.59 Å². The number of nitrogens with zero attached hydrogens (tertiary/aromatic N) is 3. The van der Waals surface area contributed by atoms with Crippen LogP contribution in [-0.2, 0) is 9.53 Å². The number of nitrogens with one attached hydrogen (secondary N) is 1. The van der Waals surface area contributed by atoms with E-state index in [1.165, 1.54) is 32.3 Å². The van der Waals surface area contributed by atoms with Gasteiger partial charge < -0.3 is 19.7 Å². The molecule has 0 aromatic carbocycles. The number of carbonyl (C=O) groups is 2. The molecule has 8 nitrogen and oxygen atoms in total. The van der Waals surface area contributed by atoms with Crippen molar-refractivity contribution in [1.29, 1.82) is 0 Å². The van der Waals surface area contributed by atoms with Gasteiger partial charge >= 0.3 is 0 Å². The highest BCUT2D eigenvalue weighted by Gasteiger charge is 2.52. The van der Waals surface area contributed by atoms with Crippen molar-refractivity contribution in [2.24, 2.45) is 17.3 Å². The molecule has 1 N–H and O–H groups in total. The zero-order chi connectivity index (χ0) is 18.9. The summed E-state index contributed by atoms with van der Waals surface area (Å²) in [5.74, 6) is 0.896. The first-order chi connectivity index (χ1) is 13.1. The molecule has 1 aromatic rings. The number of hydrogen-bond acceptors (Lipinski definition) is 6. The quantitative estimate of drug-likeness (QED) is 0.822. The highest BCUT2D eigenvalue weighted by atomic mass is 16.5. The number of rotatable bonds is 5. The molecule has 1 spiro atoms. The smallest absolute Gasteiger partial charge is 0.291 e. The van der Waals surface area contributed by atoms with Gasteiger partial charge in [0.1, 0.15) is 0 Å². The van der Waals surface area contributed by atoms with Gasteiger partial charge in [0, 0.05) is 38.3 Å². The fourth-order valence-electron chi connectivity index (χ4n) is 4.13. The fraction of sp³-hybridized carbons (Fsp3) is 0.684. The lowest BCUT2D eigenvalue weighted by Gasteiger charge is -2.37. The van der Waals surface area contributed by atoms with Gasteiger partial charge in [-0.15, -0.1) is 0 Å². The predicted octanol–water partition coefficient (Wildman–Crippen LogP) is 0.880. The summed E-state index contributed by atoms with van der Waals surface area (Å²) in [5.41, 5.74) is -0.214. The normalized spacial score (nSPS) is 24.0. The second-order valence-electron chi connectivity index (χ2n) is 7.85. The highest BCUT2D eigenvalue weighted by molar-refractivity contribution is 5.92. The van der Waals surface area contributed by atoms with E-state index >= 15 is 0 Å². The van der Waals surface area contributed by atoms with Gasteiger partial charge in [0.25, 0.3) is 5.91 Å². The summed E-state index contributed by atoms with van der Waals surface area (Å²) in [5, 5.41) is 3.11. The Morgan fingerprint density at radius 2 is 2.00 bits per heavy atom. The van der Waals surface area contributed by atoms with Crippen LogP contribution in [0.15, 0.2) is 12.4 Å². The maximum Gasteiger partial charge on any atom is 0.291 e. The number of methoxy groups -OCH3 is 1. The van der Waals surface area contributed by atoms with Crippen LogP contribution in [0.25, 0.3) is 0 Å². The summed E-state index contributed by atoms with van der Waals surface area (Å²) in [7, 11) is 1.53. The Morgan fingerprint density at radius 1 is 1.30 bits per heavy atom. The van der Waals surface area contributed by atoms with Crippen LogP contribution >= 0.6 is 0 Å². The third kappa shape index (κ3) is 3.76. The Bertz CT molecular complexity index is 698. The number of carbonyl (C=O) groups excluding carboxylic acids is 2. The molecule has 1 aromatic heterocycles. The zero-order valence-corrected chi connectivity index (χ0v) is 15.6. The van der Waals surface area contributed by atoms with Gasteiger partial charge in [0.2, 0.25) is 11.7 Å². The lowest BCUT2D eigenvalue weighted by Crippen LogP contribution is -2.44. The van der Waals surface area contributed by atoms with E-state index in [1.807, 2.05) is 0 Å². The van der Waals surface area contributed by atoms with Gasteiger partial charge in [-0.3, -0.25) is 9.59 Å². The van der Waals surface area contributed by atoms with E-state index < -0.39 is 0 Å². The molecule has 1 saturated carbocycles. The number of likely N-dealkylation sites (tertiary alicyclic amines) is 1. The molecule has 3 aliphatic rings. The Kier molecular flexibility index (Phi) is 4.99. The van der Waals surface area contributed by atoms with Crippen LogP contribution in [0.3, 0.4) is 0 Å². The molecule has 146 valence electrons. The second-order valence-corrected chi connectivity index (χ2v) is 7.85. The summed E-state index contributed by atoms with van der Waals surface area (Å²) >= 11 is 0. The van der Waals surface area contributed by atoms with Gasteiger partial charge in [-0.2, -0.15) is 0 Å². The largest absolute Gasteiger partial charge is 0.494 e. The Hall–Kier alpha value is -2.22. The van der Waals surface area contributed by atoms with Crippen molar-refractivity contribution in [3.63, 3.8) is 0 Å². The van der Waals surface area contributed by atoms with Crippen molar-refractivity contribution in [2.45, 2.75) is 25.7 Å². The average Bonchev–Trinajstić information content (AvgIpc) is 3.47. The molecule has 3 fully saturated rings. The Morgan fingerprint density at radius 3 is 2.63 bits per heavy atom. The van der Waals surface area contributed by atoms with Gasteiger partial charge in [-0.05, 0) is 31.6 Å². The third-order valence-electron chi connectivity index (χ3n) is 6.06. The van der Waals surface area contributed by atoms with Crippen LogP contribution in [0, 0.1) is 17.3 Å². The molecule has 1 atom stereocenters. The number of amides is 2. The lowest BCUT2D eigenvalue weighted by molar-refractivity contribution is -0.129. The summed E-state index contributed by atoms with van der Waals surface area (Å²) in [6, 6.07) is 0. The molecule has 2 aliphatic heterocycles. The van der Waals surface area contributed by atoms with Crippen LogP contribution in [0.2, 0.25) is 0 Å². The van der Waals surface area contributed by atoms with E-state index in [2.05, 4.69) is 15.3 Å². The van der Waals surface area contributed by atoms with Crippen molar-refractivity contribution in [1.82, 2.24) is 20.2 Å². The van der Waals surface area contributed by atoms with Crippen LogP contribution in [0.1, 0.15) is 36.3 Å². The first kappa shape index (κ1) is 18.2. The summed E-state index contributed by atoms with van der Waals surface area (Å²) < 4.78 is 10.6. The topological polar surface area (TPSA) is 93.7 Å². The summed E-state index contributed by atoms with van der Waals surface area (Å²) in [6.45, 7) is 2.97. The maximum absolute atomic E-state index is 12.9. The molecule has 8 heteroatoms. The predicted molar refractivity (Wildman–Crippen MR) is 96.2 cm³/mol. The molecule has 2 amide bonds. The van der Waals surface area contributed by atoms with Crippen LogP contribution in [0.4, 0.5) is 0 Å². The monoisotopic (exact) mass is 374 g/mol. The van der Waals surface area contributed by atoms with Crippen molar-refractivity contribution >= 4 is 11.8 Å². The summed E-state index contributed by atoms with van der Waals surface area (Å²) in [4.78, 5) is 35.8. The molecule has 27 heavy (non-hydrogen) atoms. The van der Waals surface area contributed by atoms with E-state index in [-0.39, 0.29) is 29.0 Å². The molecule has 1 aliphatic carbocycles. The minimum atomic E-state index is -0.235. The van der Waals surface area contributed by atoms with Gasteiger partial charge in [0.15, 0.2) is 5.75 Å². The molecule has 1 unspecified atom stereocenters. The standard InChI is InChI=1S/C19H26N4O4/c1-26-14-9-20-16(21-10-14)18(25)23-11-15(17(24)22-8-13-2-3-13)19(12-23)4-6-27-7-5-19/h9-10,13,15H,2-8,11-12H2,1H3,(H,22,24). The van der Waals surface area contributed by atoms with Crippen LogP contribution in [0.5, 0.6) is 5.75 Å². The summed E-state index contributed by atoms with van der Waals surface area (Å²) in [6.07, 6.45) is 6.96. The van der Waals surface area contributed by atoms with E-state index in [0.717, 1.165) is 19.4 Å². The van der Waals surface area contributed by atoms with Gasteiger partial charge in [0.05, 0.1) is 25.4 Å². The van der Waals surface area contributed by atoms with Crippen molar-refractivity contribution in [3.8, 4) is 5.75 Å². The minimum Gasteiger partial charge on any atom is -0.494 e. The lowest BCUT2D eigenvalue weighted by atomic mass is 9.71. The highest BCUT2D eigenvalue weighted by Crippen LogP contribution is 2.44. The van der Waals surface area contributed by atoms with E-state index in [0.29, 0.717) is 38.0 Å². The van der Waals surface area contributed by atoms with Crippen LogP contribution < -0.4 is 10.1 Å². The number of ether oxygens (including phenoxy) is 2. The number of hydrogen-bond donors (Lipinski definition) is 1. The minimum absolute atomic E-state index is 0.0646. The first-order valence-corrected chi connectivity index (χ1v) is 9.62. The zero-order valence-electron chi connectivity index (χ0n) is 15.6. The molecule has 4 rings (SSSR count). The van der Waals surface area contributed by atoms with Gasteiger partial charge in [-0.25, -0.2) is 9.97 Å². The molecule has 0 bridgehead atoms. The van der Waals surface area contributed by atoms with Crippen molar-refractivity contribution in [3.05, 3.63) is 18.2 Å². The molecular formula is C19H26N4O4.